The Morgan fingerprint density at radius 1 is 1.15 bits per heavy atom. The fraction of sp³-hybridized carbons (Fsp3) is 0.346. The third-order valence-electron chi connectivity index (χ3n) is 5.44. The summed E-state index contributed by atoms with van der Waals surface area (Å²) in [5, 5.41) is 15.4. The summed E-state index contributed by atoms with van der Waals surface area (Å²) >= 11 is 0. The number of carbonyl (C=O) groups excluding carboxylic acids is 1. The van der Waals surface area contributed by atoms with Crippen LogP contribution in [-0.2, 0) is 11.8 Å². The number of aryl methyl sites for hydroxylation is 1. The van der Waals surface area contributed by atoms with E-state index in [9.17, 15) is 4.79 Å². The molecule has 0 aliphatic rings. The van der Waals surface area contributed by atoms with Crippen LogP contribution in [0.2, 0.25) is 0 Å². The van der Waals surface area contributed by atoms with Crippen molar-refractivity contribution in [1.82, 2.24) is 25.1 Å². The van der Waals surface area contributed by atoms with Crippen LogP contribution in [-0.4, -0.2) is 31.0 Å². The van der Waals surface area contributed by atoms with Crippen LogP contribution in [0.5, 0.6) is 0 Å². The number of hydrogen-bond donors (Lipinski definition) is 1. The van der Waals surface area contributed by atoms with Gasteiger partial charge in [-0.2, -0.15) is 0 Å². The summed E-state index contributed by atoms with van der Waals surface area (Å²) in [6.07, 6.45) is 6.49. The lowest BCUT2D eigenvalue weighted by molar-refractivity contribution is 0.102. The first kappa shape index (κ1) is 23.4. The number of anilines is 1. The van der Waals surface area contributed by atoms with Crippen LogP contribution in [0.15, 0.2) is 53.4 Å². The summed E-state index contributed by atoms with van der Waals surface area (Å²) in [7, 11) is 0. The Morgan fingerprint density at radius 2 is 1.94 bits per heavy atom. The number of amides is 1. The summed E-state index contributed by atoms with van der Waals surface area (Å²) in [4.78, 5) is 17.2. The SMILES string of the molecule is Cc1ccc(C(=O)Nc2cc(C(C)(C)C)on2)cc1-n1cc(-c2cncc(CC(C)C)c2)nn1. The molecule has 0 fully saturated rings. The fourth-order valence-corrected chi connectivity index (χ4v) is 3.60. The van der Waals surface area contributed by atoms with E-state index < -0.39 is 0 Å². The van der Waals surface area contributed by atoms with Crippen LogP contribution < -0.4 is 5.32 Å². The molecule has 34 heavy (non-hydrogen) atoms. The molecule has 1 aromatic carbocycles. The molecule has 0 atom stereocenters. The van der Waals surface area contributed by atoms with E-state index in [1.165, 1.54) is 5.56 Å². The molecule has 176 valence electrons. The van der Waals surface area contributed by atoms with Crippen molar-refractivity contribution in [3.63, 3.8) is 0 Å². The van der Waals surface area contributed by atoms with Gasteiger partial charge < -0.3 is 9.84 Å². The minimum absolute atomic E-state index is 0.193. The van der Waals surface area contributed by atoms with Crippen LogP contribution in [0.4, 0.5) is 5.82 Å². The molecule has 3 heterocycles. The molecule has 3 aromatic heterocycles. The van der Waals surface area contributed by atoms with Crippen molar-refractivity contribution >= 4 is 11.7 Å². The van der Waals surface area contributed by atoms with Gasteiger partial charge in [0.2, 0.25) is 0 Å². The number of nitrogens with zero attached hydrogens (tertiary/aromatic N) is 5. The molecule has 1 N–H and O–H groups in total. The Labute approximate surface area is 199 Å². The Hall–Kier alpha value is -3.81. The standard InChI is InChI=1S/C26H30N6O2/c1-16(2)9-18-10-20(14-27-13-18)21-15-32(31-29-21)22-11-19(8-7-17(22)3)25(33)28-24-12-23(34-30-24)26(4,5)6/h7-8,10-16H,9H2,1-6H3,(H,28,30,33). The predicted molar refractivity (Wildman–Crippen MR) is 131 cm³/mol. The van der Waals surface area contributed by atoms with Gasteiger partial charge in [0.1, 0.15) is 11.5 Å². The summed E-state index contributed by atoms with van der Waals surface area (Å²) < 4.78 is 7.04. The number of hydrogen-bond acceptors (Lipinski definition) is 6. The van der Waals surface area contributed by atoms with Gasteiger partial charge in [-0.25, -0.2) is 4.68 Å². The summed E-state index contributed by atoms with van der Waals surface area (Å²) in [6.45, 7) is 12.4. The molecule has 0 aliphatic heterocycles. The Kier molecular flexibility index (Phi) is 6.32. The first-order valence-electron chi connectivity index (χ1n) is 11.4. The highest BCUT2D eigenvalue weighted by Gasteiger charge is 2.21. The molecular weight excluding hydrogens is 428 g/mol. The zero-order chi connectivity index (χ0) is 24.5. The second kappa shape index (κ2) is 9.21. The molecular formula is C26H30N6O2. The van der Waals surface area contributed by atoms with E-state index in [-0.39, 0.29) is 11.3 Å². The lowest BCUT2D eigenvalue weighted by atomic mass is 9.93. The Morgan fingerprint density at radius 3 is 2.65 bits per heavy atom. The first-order chi connectivity index (χ1) is 16.1. The fourth-order valence-electron chi connectivity index (χ4n) is 3.60. The molecule has 1 amide bonds. The lowest BCUT2D eigenvalue weighted by Crippen LogP contribution is -2.13. The van der Waals surface area contributed by atoms with Crippen molar-refractivity contribution in [2.24, 2.45) is 5.92 Å². The highest BCUT2D eigenvalue weighted by molar-refractivity contribution is 6.04. The topological polar surface area (TPSA) is 98.7 Å². The monoisotopic (exact) mass is 458 g/mol. The second-order valence-electron chi connectivity index (χ2n) is 10.0. The summed E-state index contributed by atoms with van der Waals surface area (Å²) in [5.74, 6) is 1.35. The van der Waals surface area contributed by atoms with Crippen LogP contribution in [0.25, 0.3) is 16.9 Å². The van der Waals surface area contributed by atoms with E-state index in [0.29, 0.717) is 23.1 Å². The maximum atomic E-state index is 12.9. The van der Waals surface area contributed by atoms with Crippen molar-refractivity contribution in [2.75, 3.05) is 5.32 Å². The normalized spacial score (nSPS) is 11.7. The molecule has 0 bridgehead atoms. The molecule has 0 aliphatic carbocycles. The van der Waals surface area contributed by atoms with E-state index in [0.717, 1.165) is 28.9 Å². The molecule has 0 radical (unpaired) electrons. The zero-order valence-corrected chi connectivity index (χ0v) is 20.5. The summed E-state index contributed by atoms with van der Waals surface area (Å²) in [6, 6.07) is 9.30. The number of nitrogens with one attached hydrogen (secondary N) is 1. The highest BCUT2D eigenvalue weighted by atomic mass is 16.5. The van der Waals surface area contributed by atoms with Crippen LogP contribution in [0.3, 0.4) is 0 Å². The molecule has 4 aromatic rings. The van der Waals surface area contributed by atoms with Gasteiger partial charge in [0, 0.05) is 35.0 Å². The van der Waals surface area contributed by atoms with Crippen LogP contribution in [0, 0.1) is 12.8 Å². The number of pyridine rings is 1. The van der Waals surface area contributed by atoms with E-state index in [1.807, 2.05) is 46.2 Å². The van der Waals surface area contributed by atoms with Gasteiger partial charge in [-0.1, -0.05) is 51.1 Å². The number of aromatic nitrogens is 5. The Balaban J connectivity index is 1.57. The third kappa shape index (κ3) is 5.22. The second-order valence-corrected chi connectivity index (χ2v) is 10.0. The van der Waals surface area contributed by atoms with E-state index in [4.69, 9.17) is 4.52 Å². The highest BCUT2D eigenvalue weighted by Crippen LogP contribution is 2.25. The van der Waals surface area contributed by atoms with Crippen LogP contribution >= 0.6 is 0 Å². The molecule has 0 spiro atoms. The van der Waals surface area contributed by atoms with E-state index >= 15 is 0 Å². The largest absolute Gasteiger partial charge is 0.359 e. The van der Waals surface area contributed by atoms with Gasteiger partial charge in [0.25, 0.3) is 5.91 Å². The minimum atomic E-state index is -0.277. The smallest absolute Gasteiger partial charge is 0.256 e. The van der Waals surface area contributed by atoms with Crippen molar-refractivity contribution in [1.29, 1.82) is 0 Å². The van der Waals surface area contributed by atoms with Gasteiger partial charge in [-0.3, -0.25) is 9.78 Å². The molecule has 0 unspecified atom stereocenters. The quantitative estimate of drug-likeness (QED) is 0.417. The van der Waals surface area contributed by atoms with Gasteiger partial charge in [0.15, 0.2) is 5.82 Å². The average Bonchev–Trinajstić information content (AvgIpc) is 3.43. The molecule has 0 saturated heterocycles. The van der Waals surface area contributed by atoms with Crippen molar-refractivity contribution in [3.05, 3.63) is 71.4 Å². The molecule has 0 saturated carbocycles. The predicted octanol–water partition coefficient (Wildman–Crippen LogP) is 5.37. The molecule has 8 nitrogen and oxygen atoms in total. The van der Waals surface area contributed by atoms with E-state index in [2.05, 4.69) is 45.7 Å². The first-order valence-corrected chi connectivity index (χ1v) is 11.4. The van der Waals surface area contributed by atoms with Gasteiger partial charge in [0.05, 0.1) is 11.9 Å². The number of benzene rings is 1. The van der Waals surface area contributed by atoms with Crippen molar-refractivity contribution in [2.45, 2.75) is 53.4 Å². The van der Waals surface area contributed by atoms with Crippen molar-refractivity contribution in [3.8, 4) is 16.9 Å². The molecule has 8 heteroatoms. The van der Waals surface area contributed by atoms with Gasteiger partial charge in [-0.05, 0) is 48.6 Å². The lowest BCUT2D eigenvalue weighted by Gasteiger charge is -2.12. The van der Waals surface area contributed by atoms with Gasteiger partial charge in [-0.15, -0.1) is 5.10 Å². The maximum absolute atomic E-state index is 12.9. The minimum Gasteiger partial charge on any atom is -0.359 e. The Bertz CT molecular complexity index is 1310. The molecule has 4 rings (SSSR count). The van der Waals surface area contributed by atoms with Crippen molar-refractivity contribution < 1.29 is 9.32 Å². The van der Waals surface area contributed by atoms with E-state index in [1.54, 1.807) is 29.1 Å². The van der Waals surface area contributed by atoms with Gasteiger partial charge >= 0.3 is 0 Å². The zero-order valence-electron chi connectivity index (χ0n) is 20.5. The maximum Gasteiger partial charge on any atom is 0.256 e. The summed E-state index contributed by atoms with van der Waals surface area (Å²) in [5.41, 5.74) is 4.84. The number of carbonyl (C=O) groups is 1. The third-order valence-corrected chi connectivity index (χ3v) is 5.44. The van der Waals surface area contributed by atoms with Crippen LogP contribution in [0.1, 0.15) is 61.9 Å². The number of rotatable bonds is 6. The average molecular weight is 459 g/mol.